The summed E-state index contributed by atoms with van der Waals surface area (Å²) in [5, 5.41) is 8.65. The standard InChI is InChI=1S/C15H22O2/c1-11(10-14(16)17)7-8-13-12(2)6-5-9-15(13,3)4/h7-8,10,13H,2,5-6,9H2,1,3-4H3,(H,16,17)/b8-7+,11-10-/t13-/m0/s1. The lowest BCUT2D eigenvalue weighted by Gasteiger charge is -2.38. The van der Waals surface area contributed by atoms with Gasteiger partial charge in [-0.15, -0.1) is 0 Å². The van der Waals surface area contributed by atoms with Crippen molar-refractivity contribution in [1.29, 1.82) is 0 Å². The lowest BCUT2D eigenvalue weighted by Crippen LogP contribution is -2.27. The fourth-order valence-electron chi connectivity index (χ4n) is 2.52. The van der Waals surface area contributed by atoms with Gasteiger partial charge in [0.05, 0.1) is 0 Å². The molecule has 0 spiro atoms. The van der Waals surface area contributed by atoms with Crippen LogP contribution < -0.4 is 0 Å². The van der Waals surface area contributed by atoms with Crippen molar-refractivity contribution < 1.29 is 9.90 Å². The van der Waals surface area contributed by atoms with Crippen LogP contribution in [0.3, 0.4) is 0 Å². The highest BCUT2D eigenvalue weighted by atomic mass is 16.4. The number of hydrogen-bond donors (Lipinski definition) is 1. The molecule has 0 heterocycles. The maximum atomic E-state index is 10.5. The van der Waals surface area contributed by atoms with Gasteiger partial charge in [-0.25, -0.2) is 4.79 Å². The van der Waals surface area contributed by atoms with Crippen molar-refractivity contribution in [1.82, 2.24) is 0 Å². The topological polar surface area (TPSA) is 37.3 Å². The lowest BCUT2D eigenvalue weighted by atomic mass is 9.66. The van der Waals surface area contributed by atoms with Gasteiger partial charge >= 0.3 is 5.97 Å². The SMILES string of the molecule is C=C1CCCC(C)(C)[C@H]1/C=C/C(C)=C\C(=O)O. The Kier molecular flexibility index (Phi) is 4.33. The summed E-state index contributed by atoms with van der Waals surface area (Å²) in [6.07, 6.45) is 8.73. The van der Waals surface area contributed by atoms with Crippen LogP contribution >= 0.6 is 0 Å². The predicted octanol–water partition coefficient (Wildman–Crippen LogP) is 3.96. The molecule has 0 aromatic carbocycles. The summed E-state index contributed by atoms with van der Waals surface area (Å²) in [7, 11) is 0. The van der Waals surface area contributed by atoms with Crippen molar-refractivity contribution in [2.24, 2.45) is 11.3 Å². The number of carboxylic acids is 1. The number of carbonyl (C=O) groups is 1. The maximum absolute atomic E-state index is 10.5. The molecule has 0 saturated heterocycles. The van der Waals surface area contributed by atoms with Crippen LogP contribution in [0.1, 0.15) is 40.0 Å². The molecule has 1 aliphatic carbocycles. The van der Waals surface area contributed by atoms with Crippen molar-refractivity contribution >= 4 is 5.97 Å². The van der Waals surface area contributed by atoms with E-state index in [1.165, 1.54) is 24.5 Å². The fraction of sp³-hybridized carbons (Fsp3) is 0.533. The van der Waals surface area contributed by atoms with Gasteiger partial charge in [0, 0.05) is 12.0 Å². The van der Waals surface area contributed by atoms with Crippen LogP contribution in [-0.4, -0.2) is 11.1 Å². The number of aliphatic carboxylic acids is 1. The molecule has 1 aliphatic rings. The second kappa shape index (κ2) is 5.35. The van der Waals surface area contributed by atoms with Crippen molar-refractivity contribution in [3.63, 3.8) is 0 Å². The van der Waals surface area contributed by atoms with Gasteiger partial charge in [-0.2, -0.15) is 0 Å². The second-order valence-corrected chi connectivity index (χ2v) is 5.56. The third kappa shape index (κ3) is 3.88. The highest BCUT2D eigenvalue weighted by Gasteiger charge is 2.32. The smallest absolute Gasteiger partial charge is 0.328 e. The first-order valence-electron chi connectivity index (χ1n) is 6.10. The summed E-state index contributed by atoms with van der Waals surface area (Å²) < 4.78 is 0. The second-order valence-electron chi connectivity index (χ2n) is 5.56. The van der Waals surface area contributed by atoms with E-state index < -0.39 is 5.97 Å². The van der Waals surface area contributed by atoms with E-state index in [0.29, 0.717) is 5.92 Å². The van der Waals surface area contributed by atoms with E-state index in [-0.39, 0.29) is 5.41 Å². The average molecular weight is 234 g/mol. The molecule has 0 amide bonds. The molecular formula is C15H22O2. The van der Waals surface area contributed by atoms with E-state index in [1.807, 2.05) is 13.0 Å². The molecule has 0 unspecified atom stereocenters. The van der Waals surface area contributed by atoms with Gasteiger partial charge in [0.25, 0.3) is 0 Å². The van der Waals surface area contributed by atoms with Gasteiger partial charge in [-0.05, 0) is 37.2 Å². The normalized spacial score (nSPS) is 25.2. The Morgan fingerprint density at radius 2 is 2.18 bits per heavy atom. The molecule has 0 radical (unpaired) electrons. The first-order chi connectivity index (χ1) is 7.83. The van der Waals surface area contributed by atoms with Crippen LogP contribution in [0, 0.1) is 11.3 Å². The number of allylic oxidation sites excluding steroid dienone is 4. The van der Waals surface area contributed by atoms with E-state index in [4.69, 9.17) is 5.11 Å². The number of rotatable bonds is 3. The Morgan fingerprint density at radius 3 is 2.71 bits per heavy atom. The minimum Gasteiger partial charge on any atom is -0.478 e. The van der Waals surface area contributed by atoms with Crippen LogP contribution in [0.4, 0.5) is 0 Å². The highest BCUT2D eigenvalue weighted by molar-refractivity contribution is 5.81. The van der Waals surface area contributed by atoms with Crippen LogP contribution in [0.25, 0.3) is 0 Å². The fourth-order valence-corrected chi connectivity index (χ4v) is 2.52. The Hall–Kier alpha value is -1.31. The lowest BCUT2D eigenvalue weighted by molar-refractivity contribution is -0.131. The first-order valence-corrected chi connectivity index (χ1v) is 6.10. The summed E-state index contributed by atoms with van der Waals surface area (Å²) in [5.41, 5.74) is 2.27. The minimum absolute atomic E-state index is 0.231. The molecule has 1 N–H and O–H groups in total. The zero-order valence-electron chi connectivity index (χ0n) is 11.0. The molecular weight excluding hydrogens is 212 g/mol. The van der Waals surface area contributed by atoms with Crippen LogP contribution in [-0.2, 0) is 4.79 Å². The summed E-state index contributed by atoms with van der Waals surface area (Å²) in [5.74, 6) is -0.540. The van der Waals surface area contributed by atoms with E-state index in [2.05, 4.69) is 26.5 Å². The van der Waals surface area contributed by atoms with Gasteiger partial charge in [0.2, 0.25) is 0 Å². The molecule has 0 bridgehead atoms. The third-order valence-corrected chi connectivity index (χ3v) is 3.50. The molecule has 17 heavy (non-hydrogen) atoms. The Balaban J connectivity index is 2.81. The van der Waals surface area contributed by atoms with Crippen molar-refractivity contribution in [2.75, 3.05) is 0 Å². The van der Waals surface area contributed by atoms with Gasteiger partial charge in [-0.1, -0.05) is 38.2 Å². The quantitative estimate of drug-likeness (QED) is 0.456. The minimum atomic E-state index is -0.895. The van der Waals surface area contributed by atoms with Crippen molar-refractivity contribution in [2.45, 2.75) is 40.0 Å². The molecule has 2 nitrogen and oxygen atoms in total. The van der Waals surface area contributed by atoms with Crippen LogP contribution in [0.15, 0.2) is 36.0 Å². The summed E-state index contributed by atoms with van der Waals surface area (Å²) in [4.78, 5) is 10.5. The number of hydrogen-bond acceptors (Lipinski definition) is 1. The largest absolute Gasteiger partial charge is 0.478 e. The Labute approximate surface area is 104 Å². The summed E-state index contributed by atoms with van der Waals surface area (Å²) >= 11 is 0. The summed E-state index contributed by atoms with van der Waals surface area (Å²) in [6, 6.07) is 0. The number of carboxylic acid groups (broad SMARTS) is 1. The highest BCUT2D eigenvalue weighted by Crippen LogP contribution is 2.43. The molecule has 1 atom stereocenters. The van der Waals surface area contributed by atoms with E-state index in [0.717, 1.165) is 12.0 Å². The molecule has 0 aliphatic heterocycles. The van der Waals surface area contributed by atoms with E-state index in [9.17, 15) is 4.79 Å². The third-order valence-electron chi connectivity index (χ3n) is 3.50. The predicted molar refractivity (Wildman–Crippen MR) is 70.8 cm³/mol. The zero-order valence-corrected chi connectivity index (χ0v) is 11.0. The van der Waals surface area contributed by atoms with E-state index >= 15 is 0 Å². The molecule has 1 fully saturated rings. The van der Waals surface area contributed by atoms with E-state index in [1.54, 1.807) is 0 Å². The summed E-state index contributed by atoms with van der Waals surface area (Å²) in [6.45, 7) is 10.5. The molecule has 1 rings (SSSR count). The van der Waals surface area contributed by atoms with Crippen LogP contribution in [0.5, 0.6) is 0 Å². The maximum Gasteiger partial charge on any atom is 0.328 e. The van der Waals surface area contributed by atoms with Crippen molar-refractivity contribution in [3.05, 3.63) is 36.0 Å². The molecule has 2 heteroatoms. The average Bonchev–Trinajstić information content (AvgIpc) is 2.14. The zero-order chi connectivity index (χ0) is 13.1. The first kappa shape index (κ1) is 13.8. The van der Waals surface area contributed by atoms with Gasteiger partial charge in [0.15, 0.2) is 0 Å². The van der Waals surface area contributed by atoms with Gasteiger partial charge < -0.3 is 5.11 Å². The molecule has 0 aromatic rings. The van der Waals surface area contributed by atoms with Gasteiger partial charge in [-0.3, -0.25) is 0 Å². The molecule has 94 valence electrons. The molecule has 1 saturated carbocycles. The Morgan fingerprint density at radius 1 is 1.53 bits per heavy atom. The van der Waals surface area contributed by atoms with Gasteiger partial charge in [0.1, 0.15) is 0 Å². The monoisotopic (exact) mass is 234 g/mol. The molecule has 0 aromatic heterocycles. The van der Waals surface area contributed by atoms with Crippen molar-refractivity contribution in [3.8, 4) is 0 Å². The Bertz CT molecular complexity index is 372. The van der Waals surface area contributed by atoms with Crippen LogP contribution in [0.2, 0.25) is 0 Å².